The van der Waals surface area contributed by atoms with Crippen LogP contribution < -0.4 is 5.73 Å². The van der Waals surface area contributed by atoms with Gasteiger partial charge in [-0.25, -0.2) is 4.39 Å². The molecule has 0 heterocycles. The van der Waals surface area contributed by atoms with Gasteiger partial charge in [0.25, 0.3) is 0 Å². The fraction of sp³-hybridized carbons (Fsp3) is 0.385. The van der Waals surface area contributed by atoms with Crippen LogP contribution in [0, 0.1) is 11.7 Å². The quantitative estimate of drug-likeness (QED) is 0.647. The third kappa shape index (κ3) is 2.70. The van der Waals surface area contributed by atoms with Gasteiger partial charge in [-0.1, -0.05) is 13.8 Å². The van der Waals surface area contributed by atoms with Crippen molar-refractivity contribution in [1.82, 2.24) is 0 Å². The van der Waals surface area contributed by atoms with E-state index in [1.165, 1.54) is 13.0 Å². The van der Waals surface area contributed by atoms with Gasteiger partial charge in [-0.05, 0) is 25.5 Å². The predicted molar refractivity (Wildman–Crippen MR) is 64.6 cm³/mol. The van der Waals surface area contributed by atoms with Crippen LogP contribution in [0.15, 0.2) is 12.1 Å². The minimum atomic E-state index is -0.665. The zero-order chi connectivity index (χ0) is 13.2. The summed E-state index contributed by atoms with van der Waals surface area (Å²) in [5.74, 6) is -1.42. The van der Waals surface area contributed by atoms with E-state index in [4.69, 9.17) is 5.73 Å². The lowest BCUT2D eigenvalue weighted by Gasteiger charge is -2.12. The molecule has 1 atom stereocenters. The highest BCUT2D eigenvalue weighted by atomic mass is 19.1. The lowest BCUT2D eigenvalue weighted by molar-refractivity contribution is 0.0915. The molecule has 0 saturated heterocycles. The predicted octanol–water partition coefficient (Wildman–Crippen LogP) is 2.84. The number of carbonyl (C=O) groups excluding carboxylic acids is 2. The van der Waals surface area contributed by atoms with Crippen LogP contribution >= 0.6 is 0 Å². The fourth-order valence-electron chi connectivity index (χ4n) is 1.54. The second-order valence-corrected chi connectivity index (χ2v) is 4.15. The van der Waals surface area contributed by atoms with Crippen molar-refractivity contribution in [1.29, 1.82) is 0 Å². The lowest BCUT2D eigenvalue weighted by atomic mass is 9.92. The highest BCUT2D eigenvalue weighted by Gasteiger charge is 2.21. The molecule has 92 valence electrons. The van der Waals surface area contributed by atoms with E-state index < -0.39 is 5.82 Å². The molecule has 4 heteroatoms. The van der Waals surface area contributed by atoms with Gasteiger partial charge in [0, 0.05) is 17.0 Å². The van der Waals surface area contributed by atoms with Gasteiger partial charge < -0.3 is 5.73 Å². The average Bonchev–Trinajstić information content (AvgIpc) is 2.29. The van der Waals surface area contributed by atoms with E-state index in [0.29, 0.717) is 6.42 Å². The maximum absolute atomic E-state index is 13.4. The number of Topliss-reactive ketones (excluding diaryl/α,β-unsaturated/α-hetero) is 2. The molecule has 0 fully saturated rings. The number of carbonyl (C=O) groups is 2. The molecular weight excluding hydrogens is 221 g/mol. The van der Waals surface area contributed by atoms with Gasteiger partial charge in [0.2, 0.25) is 0 Å². The smallest absolute Gasteiger partial charge is 0.166 e. The Morgan fingerprint density at radius 1 is 1.35 bits per heavy atom. The molecule has 0 radical (unpaired) electrons. The summed E-state index contributed by atoms with van der Waals surface area (Å²) in [6, 6.07) is 2.29. The molecule has 1 aromatic carbocycles. The SMILES string of the molecule is CCC(C)C(=O)c1cc(F)c(N)cc1C(C)=O. The van der Waals surface area contributed by atoms with Crippen LogP contribution in [0.1, 0.15) is 47.9 Å². The van der Waals surface area contributed by atoms with Crippen molar-refractivity contribution < 1.29 is 14.0 Å². The van der Waals surface area contributed by atoms with E-state index in [-0.39, 0.29) is 34.3 Å². The van der Waals surface area contributed by atoms with Gasteiger partial charge in [0.1, 0.15) is 5.82 Å². The van der Waals surface area contributed by atoms with Crippen LogP contribution in [0.4, 0.5) is 10.1 Å². The monoisotopic (exact) mass is 237 g/mol. The summed E-state index contributed by atoms with van der Waals surface area (Å²) in [7, 11) is 0. The molecule has 0 amide bonds. The molecule has 0 aliphatic carbocycles. The second-order valence-electron chi connectivity index (χ2n) is 4.15. The fourth-order valence-corrected chi connectivity index (χ4v) is 1.54. The Labute approximate surface area is 99.8 Å². The molecule has 0 aromatic heterocycles. The van der Waals surface area contributed by atoms with Crippen LogP contribution in [0.2, 0.25) is 0 Å². The Hall–Kier alpha value is -1.71. The van der Waals surface area contributed by atoms with Crippen LogP contribution in [0.25, 0.3) is 0 Å². The zero-order valence-electron chi connectivity index (χ0n) is 10.2. The maximum atomic E-state index is 13.4. The van der Waals surface area contributed by atoms with E-state index in [2.05, 4.69) is 0 Å². The normalized spacial score (nSPS) is 12.2. The topological polar surface area (TPSA) is 60.2 Å². The molecule has 0 spiro atoms. The molecule has 2 N–H and O–H groups in total. The van der Waals surface area contributed by atoms with E-state index in [0.717, 1.165) is 6.07 Å². The van der Waals surface area contributed by atoms with Crippen molar-refractivity contribution in [3.05, 3.63) is 29.1 Å². The molecule has 17 heavy (non-hydrogen) atoms. The van der Waals surface area contributed by atoms with Gasteiger partial charge in [-0.3, -0.25) is 9.59 Å². The Kier molecular flexibility index (Phi) is 3.99. The molecule has 3 nitrogen and oxygen atoms in total. The number of rotatable bonds is 4. The standard InChI is InChI=1S/C13H16FNO2/c1-4-7(2)13(17)10-5-11(14)12(15)6-9(10)8(3)16/h5-7H,4,15H2,1-3H3. The number of hydrogen-bond donors (Lipinski definition) is 1. The molecule has 1 rings (SSSR count). The van der Waals surface area contributed by atoms with Gasteiger partial charge in [-0.2, -0.15) is 0 Å². The Balaban J connectivity index is 3.36. The highest BCUT2D eigenvalue weighted by molar-refractivity contribution is 6.09. The number of nitrogens with two attached hydrogens (primary N) is 1. The van der Waals surface area contributed by atoms with Gasteiger partial charge in [0.15, 0.2) is 11.6 Å². The van der Waals surface area contributed by atoms with Crippen molar-refractivity contribution in [2.75, 3.05) is 5.73 Å². The van der Waals surface area contributed by atoms with Crippen molar-refractivity contribution in [3.63, 3.8) is 0 Å². The van der Waals surface area contributed by atoms with Crippen LogP contribution in [-0.4, -0.2) is 11.6 Å². The van der Waals surface area contributed by atoms with Crippen LogP contribution in [0.3, 0.4) is 0 Å². The second kappa shape index (κ2) is 5.08. The Morgan fingerprint density at radius 2 is 1.94 bits per heavy atom. The molecule has 0 aliphatic rings. The summed E-state index contributed by atoms with van der Waals surface area (Å²) in [4.78, 5) is 23.4. The maximum Gasteiger partial charge on any atom is 0.166 e. The molecule has 0 saturated carbocycles. The number of ketones is 2. The average molecular weight is 237 g/mol. The first kappa shape index (κ1) is 13.4. The first-order valence-corrected chi connectivity index (χ1v) is 5.52. The van der Waals surface area contributed by atoms with Crippen molar-refractivity contribution >= 4 is 17.3 Å². The first-order chi connectivity index (χ1) is 7.88. The summed E-state index contributed by atoms with van der Waals surface area (Å²) in [5.41, 5.74) is 5.60. The first-order valence-electron chi connectivity index (χ1n) is 5.52. The lowest BCUT2D eigenvalue weighted by Crippen LogP contribution is -2.15. The van der Waals surface area contributed by atoms with Crippen LogP contribution in [0.5, 0.6) is 0 Å². The van der Waals surface area contributed by atoms with E-state index in [1.54, 1.807) is 6.92 Å². The summed E-state index contributed by atoms with van der Waals surface area (Å²) < 4.78 is 13.4. The largest absolute Gasteiger partial charge is 0.396 e. The van der Waals surface area contributed by atoms with Gasteiger partial charge in [0.05, 0.1) is 5.69 Å². The Morgan fingerprint density at radius 3 is 2.41 bits per heavy atom. The van der Waals surface area contributed by atoms with Crippen LogP contribution in [-0.2, 0) is 0 Å². The van der Waals surface area contributed by atoms with E-state index in [9.17, 15) is 14.0 Å². The van der Waals surface area contributed by atoms with Gasteiger partial charge in [-0.15, -0.1) is 0 Å². The van der Waals surface area contributed by atoms with Crippen molar-refractivity contribution in [3.8, 4) is 0 Å². The molecule has 1 unspecified atom stereocenters. The molecule has 0 bridgehead atoms. The molecular formula is C13H16FNO2. The zero-order valence-corrected chi connectivity index (χ0v) is 10.2. The van der Waals surface area contributed by atoms with Crippen molar-refractivity contribution in [2.45, 2.75) is 27.2 Å². The number of halogens is 1. The summed E-state index contributed by atoms with van der Waals surface area (Å²) in [6.45, 7) is 4.95. The molecule has 1 aromatic rings. The number of nitrogen functional groups attached to an aromatic ring is 1. The highest BCUT2D eigenvalue weighted by Crippen LogP contribution is 2.22. The summed E-state index contributed by atoms with van der Waals surface area (Å²) in [6.07, 6.45) is 0.641. The van der Waals surface area contributed by atoms with E-state index in [1.807, 2.05) is 6.92 Å². The summed E-state index contributed by atoms with van der Waals surface area (Å²) >= 11 is 0. The summed E-state index contributed by atoms with van der Waals surface area (Å²) in [5, 5.41) is 0. The third-order valence-corrected chi connectivity index (χ3v) is 2.84. The van der Waals surface area contributed by atoms with E-state index >= 15 is 0 Å². The molecule has 0 aliphatic heterocycles. The number of anilines is 1. The third-order valence-electron chi connectivity index (χ3n) is 2.84. The minimum Gasteiger partial charge on any atom is -0.396 e. The van der Waals surface area contributed by atoms with Crippen molar-refractivity contribution in [2.24, 2.45) is 5.92 Å². The number of hydrogen-bond acceptors (Lipinski definition) is 3. The minimum absolute atomic E-state index is 0.115. The van der Waals surface area contributed by atoms with Gasteiger partial charge >= 0.3 is 0 Å². The Bertz CT molecular complexity index is 469. The number of benzene rings is 1.